The van der Waals surface area contributed by atoms with E-state index in [1.165, 1.54) is 13.2 Å². The Morgan fingerprint density at radius 1 is 1.28 bits per heavy atom. The molecule has 2 amide bonds. The molecule has 5 nitrogen and oxygen atoms in total. The Kier molecular flexibility index (Phi) is 7.97. The van der Waals surface area contributed by atoms with Gasteiger partial charge in [0.1, 0.15) is 12.3 Å². The van der Waals surface area contributed by atoms with E-state index in [1.807, 2.05) is 0 Å². The third-order valence-corrected chi connectivity index (χ3v) is 3.28. The Hall–Kier alpha value is -2.51. The van der Waals surface area contributed by atoms with E-state index in [9.17, 15) is 22.8 Å². The summed E-state index contributed by atoms with van der Waals surface area (Å²) in [5.74, 6) is -0.335. The van der Waals surface area contributed by atoms with Crippen LogP contribution in [0.15, 0.2) is 36.9 Å². The molecule has 1 aromatic rings. The second kappa shape index (κ2) is 9.71. The number of carbonyl (C=O) groups is 2. The van der Waals surface area contributed by atoms with Crippen molar-refractivity contribution in [3.05, 3.63) is 42.5 Å². The fraction of sp³-hybridized carbons (Fsp3) is 0.412. The second-order valence-corrected chi connectivity index (χ2v) is 5.27. The van der Waals surface area contributed by atoms with Crippen LogP contribution in [-0.2, 0) is 4.79 Å². The average molecular weight is 358 g/mol. The van der Waals surface area contributed by atoms with Crippen molar-refractivity contribution >= 4 is 11.8 Å². The summed E-state index contributed by atoms with van der Waals surface area (Å²) in [6.45, 7) is 2.06. The van der Waals surface area contributed by atoms with E-state index in [4.69, 9.17) is 4.74 Å². The van der Waals surface area contributed by atoms with Gasteiger partial charge in [0, 0.05) is 25.1 Å². The summed E-state index contributed by atoms with van der Waals surface area (Å²) in [6.07, 6.45) is -3.06. The van der Waals surface area contributed by atoms with Gasteiger partial charge in [-0.25, -0.2) is 0 Å². The summed E-state index contributed by atoms with van der Waals surface area (Å²) in [4.78, 5) is 24.4. The first-order valence-corrected chi connectivity index (χ1v) is 7.64. The van der Waals surface area contributed by atoms with Gasteiger partial charge in [0.2, 0.25) is 5.91 Å². The van der Waals surface area contributed by atoms with E-state index in [1.54, 1.807) is 24.3 Å². The Morgan fingerprint density at radius 2 is 1.92 bits per heavy atom. The molecule has 0 spiro atoms. The number of amides is 2. The van der Waals surface area contributed by atoms with Gasteiger partial charge >= 0.3 is 6.18 Å². The molecule has 0 atom stereocenters. The number of nitrogens with zero attached hydrogens (tertiary/aromatic N) is 1. The fourth-order valence-corrected chi connectivity index (χ4v) is 2.07. The molecule has 0 heterocycles. The first-order chi connectivity index (χ1) is 11.8. The highest BCUT2D eigenvalue weighted by atomic mass is 19.4. The Bertz CT molecular complexity index is 586. The zero-order chi connectivity index (χ0) is 18.9. The molecule has 0 radical (unpaired) electrons. The maximum absolute atomic E-state index is 12.4. The predicted molar refractivity (Wildman–Crippen MR) is 87.4 cm³/mol. The minimum Gasteiger partial charge on any atom is -0.497 e. The van der Waals surface area contributed by atoms with Crippen LogP contribution in [0.5, 0.6) is 5.75 Å². The topological polar surface area (TPSA) is 58.6 Å². The van der Waals surface area contributed by atoms with Gasteiger partial charge in [-0.05, 0) is 30.7 Å². The molecule has 0 aromatic heterocycles. The first-order valence-electron chi connectivity index (χ1n) is 7.64. The van der Waals surface area contributed by atoms with Crippen molar-refractivity contribution in [1.82, 2.24) is 10.2 Å². The van der Waals surface area contributed by atoms with Gasteiger partial charge in [-0.2, -0.15) is 13.2 Å². The molecular formula is C17H21F3N2O3. The van der Waals surface area contributed by atoms with Crippen LogP contribution in [0.4, 0.5) is 13.2 Å². The largest absolute Gasteiger partial charge is 0.497 e. The van der Waals surface area contributed by atoms with Crippen LogP contribution in [0.2, 0.25) is 0 Å². The normalized spacial score (nSPS) is 10.9. The van der Waals surface area contributed by atoms with Crippen LogP contribution in [0, 0.1) is 0 Å². The number of rotatable bonds is 9. The monoisotopic (exact) mass is 358 g/mol. The van der Waals surface area contributed by atoms with Crippen LogP contribution in [0.3, 0.4) is 0 Å². The molecule has 25 heavy (non-hydrogen) atoms. The van der Waals surface area contributed by atoms with Crippen molar-refractivity contribution in [3.8, 4) is 5.75 Å². The fourth-order valence-electron chi connectivity index (χ4n) is 2.07. The number of hydrogen-bond acceptors (Lipinski definition) is 3. The SMILES string of the molecule is C=CCN(CC(F)(F)F)C(=O)CCCNC(=O)c1ccc(OC)cc1. The van der Waals surface area contributed by atoms with E-state index in [2.05, 4.69) is 11.9 Å². The quantitative estimate of drug-likeness (QED) is 0.546. The Labute approximate surface area is 144 Å². The summed E-state index contributed by atoms with van der Waals surface area (Å²) < 4.78 is 42.3. The van der Waals surface area contributed by atoms with Gasteiger partial charge in [0.05, 0.1) is 7.11 Å². The standard InChI is InChI=1S/C17H21F3N2O3/c1-3-11-22(12-17(18,19)20)15(23)5-4-10-21-16(24)13-6-8-14(25-2)9-7-13/h3,6-9H,1,4-5,10-12H2,2H3,(H,21,24). The van der Waals surface area contributed by atoms with Crippen molar-refractivity contribution < 1.29 is 27.5 Å². The van der Waals surface area contributed by atoms with Gasteiger partial charge in [-0.1, -0.05) is 6.08 Å². The minimum absolute atomic E-state index is 0.0905. The molecule has 0 saturated carbocycles. The first kappa shape index (κ1) is 20.5. The number of hydrogen-bond donors (Lipinski definition) is 1. The molecule has 0 aliphatic rings. The Morgan fingerprint density at radius 3 is 2.44 bits per heavy atom. The predicted octanol–water partition coefficient (Wildman–Crippen LogP) is 2.78. The van der Waals surface area contributed by atoms with Crippen LogP contribution < -0.4 is 10.1 Å². The number of methoxy groups -OCH3 is 1. The molecule has 0 aliphatic heterocycles. The van der Waals surface area contributed by atoms with Crippen molar-refractivity contribution in [2.45, 2.75) is 19.0 Å². The Balaban J connectivity index is 2.40. The molecule has 0 unspecified atom stereocenters. The highest BCUT2D eigenvalue weighted by molar-refractivity contribution is 5.94. The summed E-state index contributed by atoms with van der Waals surface area (Å²) in [5, 5.41) is 2.62. The number of ether oxygens (including phenoxy) is 1. The number of carbonyl (C=O) groups excluding carboxylic acids is 2. The molecule has 8 heteroatoms. The van der Waals surface area contributed by atoms with Gasteiger partial charge < -0.3 is 15.0 Å². The highest BCUT2D eigenvalue weighted by Crippen LogP contribution is 2.17. The number of alkyl halides is 3. The lowest BCUT2D eigenvalue weighted by molar-refractivity contribution is -0.160. The van der Waals surface area contributed by atoms with Gasteiger partial charge in [0.15, 0.2) is 0 Å². The van der Waals surface area contributed by atoms with Gasteiger partial charge in [-0.15, -0.1) is 6.58 Å². The van der Waals surface area contributed by atoms with E-state index >= 15 is 0 Å². The lowest BCUT2D eigenvalue weighted by Gasteiger charge is -2.22. The molecule has 1 rings (SSSR count). The highest BCUT2D eigenvalue weighted by Gasteiger charge is 2.32. The van der Waals surface area contributed by atoms with Crippen LogP contribution in [0.1, 0.15) is 23.2 Å². The summed E-state index contributed by atoms with van der Waals surface area (Å²) in [7, 11) is 1.51. The molecule has 138 valence electrons. The zero-order valence-electron chi connectivity index (χ0n) is 13.9. The average Bonchev–Trinajstić information content (AvgIpc) is 2.57. The minimum atomic E-state index is -4.46. The molecule has 0 fully saturated rings. The second-order valence-electron chi connectivity index (χ2n) is 5.27. The lowest BCUT2D eigenvalue weighted by atomic mass is 10.2. The third kappa shape index (κ3) is 7.73. The number of nitrogens with one attached hydrogen (secondary N) is 1. The maximum atomic E-state index is 12.4. The zero-order valence-corrected chi connectivity index (χ0v) is 13.9. The molecule has 0 bridgehead atoms. The van der Waals surface area contributed by atoms with E-state index < -0.39 is 18.6 Å². The molecule has 1 aromatic carbocycles. The summed E-state index contributed by atoms with van der Waals surface area (Å²) in [5.41, 5.74) is 0.428. The van der Waals surface area contributed by atoms with Crippen LogP contribution >= 0.6 is 0 Å². The van der Waals surface area contributed by atoms with E-state index in [0.717, 1.165) is 0 Å². The molecule has 0 saturated heterocycles. The van der Waals surface area contributed by atoms with Gasteiger partial charge in [0.25, 0.3) is 5.91 Å². The maximum Gasteiger partial charge on any atom is 0.406 e. The molecule has 1 N–H and O–H groups in total. The van der Waals surface area contributed by atoms with Crippen molar-refractivity contribution in [2.75, 3.05) is 26.7 Å². The van der Waals surface area contributed by atoms with Gasteiger partial charge in [-0.3, -0.25) is 9.59 Å². The van der Waals surface area contributed by atoms with Crippen LogP contribution in [-0.4, -0.2) is 49.6 Å². The van der Waals surface area contributed by atoms with Crippen molar-refractivity contribution in [2.24, 2.45) is 0 Å². The smallest absolute Gasteiger partial charge is 0.406 e. The third-order valence-electron chi connectivity index (χ3n) is 3.28. The summed E-state index contributed by atoms with van der Waals surface area (Å²) >= 11 is 0. The summed E-state index contributed by atoms with van der Waals surface area (Å²) in [6, 6.07) is 6.47. The number of benzene rings is 1. The van der Waals surface area contributed by atoms with E-state index in [0.29, 0.717) is 16.2 Å². The molecular weight excluding hydrogens is 337 g/mol. The molecule has 0 aliphatic carbocycles. The van der Waals surface area contributed by atoms with Crippen LogP contribution in [0.25, 0.3) is 0 Å². The number of halogens is 3. The lowest BCUT2D eigenvalue weighted by Crippen LogP contribution is -2.39. The van der Waals surface area contributed by atoms with Crippen molar-refractivity contribution in [1.29, 1.82) is 0 Å². The van der Waals surface area contributed by atoms with E-state index in [-0.39, 0.29) is 31.8 Å². The van der Waals surface area contributed by atoms with Crippen molar-refractivity contribution in [3.63, 3.8) is 0 Å².